The number of Topliss-reactive ketones (excluding diaryl/α,β-unsaturated/α-hetero) is 1. The van der Waals surface area contributed by atoms with Crippen LogP contribution in [0, 0.1) is 0 Å². The number of anilines is 1. The zero-order valence-corrected chi connectivity index (χ0v) is 23.9. The minimum Gasteiger partial charge on any atom is -0.489 e. The first-order valence-electron chi connectivity index (χ1n) is 14.7. The topological polar surface area (TPSA) is 104 Å². The van der Waals surface area contributed by atoms with Crippen LogP contribution in [-0.2, 0) is 25.9 Å². The van der Waals surface area contributed by atoms with Crippen molar-refractivity contribution in [1.82, 2.24) is 5.32 Å². The van der Waals surface area contributed by atoms with E-state index >= 15 is 0 Å². The van der Waals surface area contributed by atoms with Gasteiger partial charge in [0.2, 0.25) is 0 Å². The Morgan fingerprint density at radius 3 is 2.51 bits per heavy atom. The highest BCUT2D eigenvalue weighted by Gasteiger charge is 2.20. The molecule has 1 aliphatic rings. The van der Waals surface area contributed by atoms with Crippen LogP contribution in [-0.4, -0.2) is 24.8 Å². The van der Waals surface area contributed by atoms with Gasteiger partial charge in [0.25, 0.3) is 5.91 Å². The number of ether oxygens (including phenoxy) is 2. The molecule has 0 fully saturated rings. The van der Waals surface area contributed by atoms with Crippen LogP contribution in [0.25, 0.3) is 11.0 Å². The first kappa shape index (κ1) is 28.1. The first-order valence-corrected chi connectivity index (χ1v) is 14.7. The number of hydrogen-bond donors (Lipinski definition) is 2. The Morgan fingerprint density at radius 2 is 1.65 bits per heavy atom. The van der Waals surface area contributed by atoms with Gasteiger partial charge in [0.15, 0.2) is 17.1 Å². The summed E-state index contributed by atoms with van der Waals surface area (Å²) in [6.45, 7) is 0.601. The third kappa shape index (κ3) is 6.41. The lowest BCUT2D eigenvalue weighted by molar-refractivity contribution is 0.0903. The lowest BCUT2D eigenvalue weighted by atomic mass is 9.96. The van der Waals surface area contributed by atoms with Crippen molar-refractivity contribution in [1.29, 1.82) is 0 Å². The van der Waals surface area contributed by atoms with Gasteiger partial charge in [0.1, 0.15) is 18.1 Å². The summed E-state index contributed by atoms with van der Waals surface area (Å²) >= 11 is 0. The fourth-order valence-corrected chi connectivity index (χ4v) is 5.55. The van der Waals surface area contributed by atoms with E-state index in [1.165, 1.54) is 12.0 Å². The second kappa shape index (κ2) is 12.9. The molecule has 0 saturated carbocycles. The first-order chi connectivity index (χ1) is 21.1. The van der Waals surface area contributed by atoms with E-state index < -0.39 is 0 Å². The van der Waals surface area contributed by atoms with Gasteiger partial charge in [-0.1, -0.05) is 60.7 Å². The maximum absolute atomic E-state index is 13.1. The molecule has 4 aromatic carbocycles. The van der Waals surface area contributed by atoms with E-state index in [-0.39, 0.29) is 18.2 Å². The zero-order chi connectivity index (χ0) is 29.6. The lowest BCUT2D eigenvalue weighted by Gasteiger charge is -2.12. The summed E-state index contributed by atoms with van der Waals surface area (Å²) in [5, 5.41) is 3.89. The summed E-state index contributed by atoms with van der Waals surface area (Å²) in [7, 11) is 0. The smallest absolute Gasteiger partial charge is 0.251 e. The van der Waals surface area contributed by atoms with Crippen LogP contribution in [0.3, 0.4) is 0 Å². The molecule has 1 aromatic heterocycles. The molecule has 3 N–H and O–H groups in total. The molecule has 0 spiro atoms. The molecule has 6 rings (SSSR count). The average Bonchev–Trinajstić information content (AvgIpc) is 3.43. The maximum atomic E-state index is 13.1. The minimum absolute atomic E-state index is 0.154. The number of fused-ring (bicyclic) bond motifs is 3. The van der Waals surface area contributed by atoms with E-state index in [0.717, 1.165) is 52.9 Å². The molecule has 0 unspecified atom stereocenters. The Hall–Kier alpha value is -5.04. The van der Waals surface area contributed by atoms with E-state index in [1.54, 1.807) is 24.3 Å². The van der Waals surface area contributed by atoms with Crippen molar-refractivity contribution in [2.24, 2.45) is 0 Å². The number of amides is 1. The average molecular weight is 575 g/mol. The van der Waals surface area contributed by atoms with Crippen molar-refractivity contribution in [2.45, 2.75) is 38.7 Å². The summed E-state index contributed by atoms with van der Waals surface area (Å²) in [6, 6.07) is 28.1. The number of para-hydroxylation sites is 1. The van der Waals surface area contributed by atoms with E-state index in [2.05, 4.69) is 11.4 Å². The summed E-state index contributed by atoms with van der Waals surface area (Å²) in [4.78, 5) is 26.0. The van der Waals surface area contributed by atoms with Gasteiger partial charge in [0, 0.05) is 34.9 Å². The number of carbonyl (C=O) groups is 2. The number of nitrogens with one attached hydrogen (secondary N) is 1. The Bertz CT molecular complexity index is 1760. The van der Waals surface area contributed by atoms with E-state index in [9.17, 15) is 9.59 Å². The van der Waals surface area contributed by atoms with E-state index in [4.69, 9.17) is 19.6 Å². The lowest BCUT2D eigenvalue weighted by Crippen LogP contribution is -2.30. The van der Waals surface area contributed by atoms with Crippen LogP contribution in [0.5, 0.6) is 11.5 Å². The van der Waals surface area contributed by atoms with Crippen molar-refractivity contribution in [3.8, 4) is 11.5 Å². The second-order valence-electron chi connectivity index (χ2n) is 10.7. The number of carbonyl (C=O) groups excluding carboxylic acids is 2. The number of ketones is 1. The molecule has 7 nitrogen and oxygen atoms in total. The number of furan rings is 1. The van der Waals surface area contributed by atoms with Gasteiger partial charge in [0.05, 0.1) is 18.8 Å². The fourth-order valence-electron chi connectivity index (χ4n) is 5.55. The number of aryl methyl sites for hydroxylation is 2. The predicted molar refractivity (Wildman–Crippen MR) is 167 cm³/mol. The molecular formula is C36H34N2O5. The van der Waals surface area contributed by atoms with Gasteiger partial charge in [-0.2, -0.15) is 0 Å². The third-order valence-electron chi connectivity index (χ3n) is 7.82. The minimum atomic E-state index is -0.319. The van der Waals surface area contributed by atoms with Gasteiger partial charge >= 0.3 is 0 Å². The highest BCUT2D eigenvalue weighted by molar-refractivity contribution is 6.03. The predicted octanol–water partition coefficient (Wildman–Crippen LogP) is 6.71. The highest BCUT2D eigenvalue weighted by Crippen LogP contribution is 2.36. The van der Waals surface area contributed by atoms with Crippen LogP contribution in [0.15, 0.2) is 95.4 Å². The molecule has 218 valence electrons. The standard InChI is InChI=1S/C36H34N2O5/c37-30-21-26(17-18-33(30)42-23-24-9-2-1-3-10-24)31(39)22-38-36(40)27-12-5-4-11-25(27)19-20-41-34-16-8-14-29-28-13-6-7-15-32(28)43-35(29)34/h1-5,8-12,14,16-18,21H,6-7,13,15,19-20,22-23,37H2,(H,38,40). The summed E-state index contributed by atoms with van der Waals surface area (Å²) in [5.74, 6) is 1.73. The molecule has 1 aliphatic carbocycles. The SMILES string of the molecule is Nc1cc(C(=O)CNC(=O)c2ccccc2CCOc2cccc3c4c(oc23)CCCC4)ccc1OCc1ccccc1. The Morgan fingerprint density at radius 1 is 0.837 bits per heavy atom. The number of nitrogens with two attached hydrogens (primary N) is 1. The van der Waals surface area contributed by atoms with Crippen molar-refractivity contribution < 1.29 is 23.5 Å². The number of rotatable bonds is 11. The Labute approximate surface area is 250 Å². The molecule has 0 aliphatic heterocycles. The molecule has 5 aromatic rings. The van der Waals surface area contributed by atoms with E-state index in [1.807, 2.05) is 60.7 Å². The van der Waals surface area contributed by atoms with Crippen LogP contribution >= 0.6 is 0 Å². The molecule has 43 heavy (non-hydrogen) atoms. The number of nitrogen functional groups attached to an aromatic ring is 1. The largest absolute Gasteiger partial charge is 0.489 e. The van der Waals surface area contributed by atoms with Crippen LogP contribution < -0.4 is 20.5 Å². The molecule has 0 radical (unpaired) electrons. The maximum Gasteiger partial charge on any atom is 0.251 e. The summed E-state index contributed by atoms with van der Waals surface area (Å²) in [6.07, 6.45) is 4.86. The quantitative estimate of drug-likeness (QED) is 0.134. The molecule has 1 heterocycles. The van der Waals surface area contributed by atoms with Gasteiger partial charge in [-0.05, 0) is 60.7 Å². The molecule has 1 amide bonds. The third-order valence-corrected chi connectivity index (χ3v) is 7.82. The highest BCUT2D eigenvalue weighted by atomic mass is 16.5. The summed E-state index contributed by atoms with van der Waals surface area (Å²) < 4.78 is 18.1. The van der Waals surface area contributed by atoms with Gasteiger partial charge in [-0.15, -0.1) is 0 Å². The number of hydrogen-bond acceptors (Lipinski definition) is 6. The van der Waals surface area contributed by atoms with Crippen molar-refractivity contribution >= 4 is 28.3 Å². The zero-order valence-electron chi connectivity index (χ0n) is 23.9. The fraction of sp³-hybridized carbons (Fsp3) is 0.222. The van der Waals surface area contributed by atoms with Crippen molar-refractivity contribution in [3.05, 3.63) is 125 Å². The Kier molecular flexibility index (Phi) is 8.40. The molecule has 0 bridgehead atoms. The van der Waals surface area contributed by atoms with Crippen LogP contribution in [0.2, 0.25) is 0 Å². The molecule has 7 heteroatoms. The van der Waals surface area contributed by atoms with E-state index in [0.29, 0.717) is 42.2 Å². The van der Waals surface area contributed by atoms with Gasteiger partial charge in [-0.3, -0.25) is 9.59 Å². The summed E-state index contributed by atoms with van der Waals surface area (Å²) in [5.41, 5.74) is 11.4. The van der Waals surface area contributed by atoms with Crippen LogP contribution in [0.4, 0.5) is 5.69 Å². The van der Waals surface area contributed by atoms with Crippen molar-refractivity contribution in [2.75, 3.05) is 18.9 Å². The molecule has 0 saturated heterocycles. The monoisotopic (exact) mass is 574 g/mol. The second-order valence-corrected chi connectivity index (χ2v) is 10.7. The van der Waals surface area contributed by atoms with Crippen LogP contribution in [0.1, 0.15) is 56.0 Å². The molecular weight excluding hydrogens is 540 g/mol. The van der Waals surface area contributed by atoms with Crippen molar-refractivity contribution in [3.63, 3.8) is 0 Å². The molecule has 0 atom stereocenters. The normalized spacial score (nSPS) is 12.5. The van der Waals surface area contributed by atoms with Gasteiger partial charge in [-0.25, -0.2) is 0 Å². The number of benzene rings is 4. The van der Waals surface area contributed by atoms with Gasteiger partial charge < -0.3 is 24.9 Å². The Balaban J connectivity index is 1.04.